The normalized spacial score (nSPS) is 10.6. The third kappa shape index (κ3) is 2.80. The van der Waals surface area contributed by atoms with Crippen molar-refractivity contribution >= 4 is 0 Å². The Morgan fingerprint density at radius 1 is 1.00 bits per heavy atom. The van der Waals surface area contributed by atoms with E-state index in [2.05, 4.69) is 56.3 Å². The second-order valence-corrected chi connectivity index (χ2v) is 4.80. The maximum atomic E-state index is 5.72. The molecule has 0 aliphatic carbocycles. The van der Waals surface area contributed by atoms with Crippen LogP contribution in [0.4, 0.5) is 0 Å². The smallest absolute Gasteiger partial charge is 0.0178 e. The van der Waals surface area contributed by atoms with E-state index in [0.717, 1.165) is 6.42 Å². The van der Waals surface area contributed by atoms with E-state index < -0.39 is 0 Å². The molecule has 0 aliphatic rings. The highest BCUT2D eigenvalue weighted by atomic mass is 14.5. The average Bonchev–Trinajstić information content (AvgIpc) is 2.40. The van der Waals surface area contributed by atoms with E-state index in [4.69, 9.17) is 5.73 Å². The van der Waals surface area contributed by atoms with Gasteiger partial charge in [0.25, 0.3) is 0 Å². The fourth-order valence-corrected chi connectivity index (χ4v) is 2.29. The third-order valence-corrected chi connectivity index (χ3v) is 3.31. The van der Waals surface area contributed by atoms with Crippen LogP contribution in [0.2, 0.25) is 0 Å². The molecule has 0 saturated heterocycles. The van der Waals surface area contributed by atoms with Gasteiger partial charge in [0.05, 0.1) is 0 Å². The number of hydrogen-bond acceptors (Lipinski definition) is 1. The first-order valence-electron chi connectivity index (χ1n) is 6.63. The molecule has 1 heteroatoms. The lowest BCUT2D eigenvalue weighted by Gasteiger charge is -2.10. The summed E-state index contributed by atoms with van der Waals surface area (Å²) in [6.07, 6.45) is 2.33. The van der Waals surface area contributed by atoms with Gasteiger partial charge in [0, 0.05) is 6.54 Å². The highest BCUT2D eigenvalue weighted by molar-refractivity contribution is 5.68. The Balaban J connectivity index is 2.44. The molecule has 0 aliphatic heterocycles. The van der Waals surface area contributed by atoms with E-state index in [1.54, 1.807) is 0 Å². The zero-order chi connectivity index (χ0) is 13.0. The van der Waals surface area contributed by atoms with Gasteiger partial charge in [-0.3, -0.25) is 0 Å². The fourth-order valence-electron chi connectivity index (χ4n) is 2.29. The minimum absolute atomic E-state index is 0.599. The van der Waals surface area contributed by atoms with E-state index in [1.807, 2.05) is 0 Å². The Morgan fingerprint density at radius 3 is 2.56 bits per heavy atom. The van der Waals surface area contributed by atoms with E-state index in [9.17, 15) is 0 Å². The van der Waals surface area contributed by atoms with Crippen LogP contribution in [-0.2, 0) is 13.0 Å². The van der Waals surface area contributed by atoms with Gasteiger partial charge in [0.1, 0.15) is 0 Å². The predicted octanol–water partition coefficient (Wildman–Crippen LogP) is 4.07. The summed E-state index contributed by atoms with van der Waals surface area (Å²) >= 11 is 0. The molecule has 0 amide bonds. The molecule has 0 fully saturated rings. The Labute approximate surface area is 110 Å². The average molecular weight is 239 g/mol. The number of rotatable bonds is 4. The van der Waals surface area contributed by atoms with Crippen molar-refractivity contribution in [1.82, 2.24) is 0 Å². The number of nitrogens with two attached hydrogens (primary N) is 1. The van der Waals surface area contributed by atoms with Crippen molar-refractivity contribution in [2.75, 3.05) is 0 Å². The molecular formula is C17H21N. The van der Waals surface area contributed by atoms with Crippen molar-refractivity contribution in [3.8, 4) is 11.1 Å². The fraction of sp³-hybridized carbons (Fsp3) is 0.294. The van der Waals surface area contributed by atoms with Crippen LogP contribution in [0.15, 0.2) is 42.5 Å². The van der Waals surface area contributed by atoms with Crippen molar-refractivity contribution in [1.29, 1.82) is 0 Å². The van der Waals surface area contributed by atoms with Crippen LogP contribution in [-0.4, -0.2) is 0 Å². The maximum absolute atomic E-state index is 5.72. The van der Waals surface area contributed by atoms with Crippen molar-refractivity contribution < 1.29 is 0 Å². The van der Waals surface area contributed by atoms with Crippen molar-refractivity contribution in [3.63, 3.8) is 0 Å². The summed E-state index contributed by atoms with van der Waals surface area (Å²) in [7, 11) is 0. The molecule has 0 bridgehead atoms. The van der Waals surface area contributed by atoms with E-state index >= 15 is 0 Å². The van der Waals surface area contributed by atoms with Gasteiger partial charge in [-0.1, -0.05) is 49.7 Å². The van der Waals surface area contributed by atoms with Crippen LogP contribution in [0.1, 0.15) is 30.0 Å². The molecule has 18 heavy (non-hydrogen) atoms. The molecule has 2 aromatic carbocycles. The molecule has 2 rings (SSSR count). The zero-order valence-corrected chi connectivity index (χ0v) is 11.2. The summed E-state index contributed by atoms with van der Waals surface area (Å²) < 4.78 is 0. The molecule has 2 N–H and O–H groups in total. The Kier molecular flexibility index (Phi) is 4.16. The molecule has 0 radical (unpaired) electrons. The van der Waals surface area contributed by atoms with Crippen molar-refractivity contribution in [3.05, 3.63) is 59.2 Å². The first-order chi connectivity index (χ1) is 8.74. The van der Waals surface area contributed by atoms with Gasteiger partial charge >= 0.3 is 0 Å². The van der Waals surface area contributed by atoms with Crippen molar-refractivity contribution in [2.24, 2.45) is 5.73 Å². The van der Waals surface area contributed by atoms with E-state index in [1.165, 1.54) is 34.2 Å². The predicted molar refractivity (Wildman–Crippen MR) is 78.5 cm³/mol. The van der Waals surface area contributed by atoms with Crippen LogP contribution in [0.25, 0.3) is 11.1 Å². The van der Waals surface area contributed by atoms with E-state index in [0.29, 0.717) is 6.54 Å². The molecule has 1 nitrogen and oxygen atoms in total. The summed E-state index contributed by atoms with van der Waals surface area (Å²) in [5.74, 6) is 0. The van der Waals surface area contributed by atoms with Gasteiger partial charge in [0.15, 0.2) is 0 Å². The van der Waals surface area contributed by atoms with Gasteiger partial charge in [-0.2, -0.15) is 0 Å². The minimum Gasteiger partial charge on any atom is -0.326 e. The standard InChI is InChI=1S/C17H21N/c1-3-5-14-6-4-7-16(10-14)17-11-15(12-18)9-8-13(17)2/h4,6-11H,3,5,12,18H2,1-2H3. The molecule has 2 aromatic rings. The van der Waals surface area contributed by atoms with Crippen LogP contribution in [0, 0.1) is 6.92 Å². The molecule has 94 valence electrons. The monoisotopic (exact) mass is 239 g/mol. The lowest BCUT2D eigenvalue weighted by atomic mass is 9.96. The minimum atomic E-state index is 0.599. The largest absolute Gasteiger partial charge is 0.326 e. The lowest BCUT2D eigenvalue weighted by Crippen LogP contribution is -1.97. The number of hydrogen-bond donors (Lipinski definition) is 1. The number of aryl methyl sites for hydroxylation is 2. The van der Waals surface area contributed by atoms with Crippen LogP contribution >= 0.6 is 0 Å². The Bertz CT molecular complexity index is 529. The quantitative estimate of drug-likeness (QED) is 0.855. The second kappa shape index (κ2) is 5.83. The first kappa shape index (κ1) is 12.8. The summed E-state index contributed by atoms with van der Waals surface area (Å²) in [6.45, 7) is 4.97. The summed E-state index contributed by atoms with van der Waals surface area (Å²) in [5, 5.41) is 0. The molecule has 0 aromatic heterocycles. The zero-order valence-electron chi connectivity index (χ0n) is 11.2. The van der Waals surface area contributed by atoms with Crippen molar-refractivity contribution in [2.45, 2.75) is 33.2 Å². The molecule has 0 atom stereocenters. The Hall–Kier alpha value is -1.60. The van der Waals surface area contributed by atoms with E-state index in [-0.39, 0.29) is 0 Å². The summed E-state index contributed by atoms with van der Waals surface area (Å²) in [6, 6.07) is 15.3. The summed E-state index contributed by atoms with van der Waals surface area (Å²) in [4.78, 5) is 0. The highest BCUT2D eigenvalue weighted by Gasteiger charge is 2.04. The second-order valence-electron chi connectivity index (χ2n) is 4.80. The lowest BCUT2D eigenvalue weighted by molar-refractivity contribution is 0.922. The number of benzene rings is 2. The summed E-state index contributed by atoms with van der Waals surface area (Å²) in [5.41, 5.74) is 12.2. The topological polar surface area (TPSA) is 26.0 Å². The van der Waals surface area contributed by atoms with Crippen LogP contribution < -0.4 is 5.73 Å². The van der Waals surface area contributed by atoms with Gasteiger partial charge in [-0.15, -0.1) is 0 Å². The third-order valence-electron chi connectivity index (χ3n) is 3.31. The van der Waals surface area contributed by atoms with Crippen LogP contribution in [0.5, 0.6) is 0 Å². The van der Waals surface area contributed by atoms with Gasteiger partial charge in [0.2, 0.25) is 0 Å². The molecule has 0 saturated carbocycles. The Morgan fingerprint density at radius 2 is 1.83 bits per heavy atom. The molecular weight excluding hydrogens is 218 g/mol. The van der Waals surface area contributed by atoms with Gasteiger partial charge in [-0.25, -0.2) is 0 Å². The van der Waals surface area contributed by atoms with Gasteiger partial charge in [-0.05, 0) is 47.2 Å². The molecule has 0 unspecified atom stereocenters. The first-order valence-corrected chi connectivity index (χ1v) is 6.63. The SMILES string of the molecule is CCCc1cccc(-c2cc(CN)ccc2C)c1. The molecule has 0 spiro atoms. The highest BCUT2D eigenvalue weighted by Crippen LogP contribution is 2.25. The van der Waals surface area contributed by atoms with Crippen LogP contribution in [0.3, 0.4) is 0 Å². The van der Waals surface area contributed by atoms with Gasteiger partial charge < -0.3 is 5.73 Å². The molecule has 0 heterocycles. The maximum Gasteiger partial charge on any atom is 0.0178 e.